The molecular formula is C27H31N3O3. The normalized spacial score (nSPS) is 16.4. The Labute approximate surface area is 195 Å². The number of carbonyl (C=O) groups excluding carboxylic acids is 2. The Morgan fingerprint density at radius 3 is 2.61 bits per heavy atom. The third-order valence-corrected chi connectivity index (χ3v) is 6.46. The van der Waals surface area contributed by atoms with Crippen LogP contribution in [0, 0.1) is 26.7 Å². The lowest BCUT2D eigenvalue weighted by Gasteiger charge is -2.24. The van der Waals surface area contributed by atoms with Gasteiger partial charge in [-0.1, -0.05) is 59.3 Å². The molecule has 1 saturated heterocycles. The van der Waals surface area contributed by atoms with Gasteiger partial charge in [0.2, 0.25) is 11.8 Å². The van der Waals surface area contributed by atoms with Crippen LogP contribution in [0.25, 0.3) is 11.1 Å². The van der Waals surface area contributed by atoms with Crippen molar-refractivity contribution in [3.8, 4) is 11.1 Å². The summed E-state index contributed by atoms with van der Waals surface area (Å²) < 4.78 is 5.22. The van der Waals surface area contributed by atoms with Crippen molar-refractivity contribution in [2.45, 2.75) is 40.0 Å². The lowest BCUT2D eigenvalue weighted by Crippen LogP contribution is -2.37. The minimum atomic E-state index is -0.290. The van der Waals surface area contributed by atoms with Gasteiger partial charge >= 0.3 is 0 Å². The molecule has 0 bridgehead atoms. The van der Waals surface area contributed by atoms with E-state index in [4.69, 9.17) is 4.52 Å². The maximum atomic E-state index is 13.0. The molecular weight excluding hydrogens is 414 g/mol. The zero-order valence-electron chi connectivity index (χ0n) is 19.6. The molecule has 0 saturated carbocycles. The summed E-state index contributed by atoms with van der Waals surface area (Å²) in [6.07, 6.45) is 1.56. The van der Waals surface area contributed by atoms with E-state index < -0.39 is 0 Å². The van der Waals surface area contributed by atoms with E-state index in [1.807, 2.05) is 30.9 Å². The van der Waals surface area contributed by atoms with Crippen molar-refractivity contribution >= 4 is 11.8 Å². The zero-order valence-corrected chi connectivity index (χ0v) is 19.6. The largest absolute Gasteiger partial charge is 0.361 e. The van der Waals surface area contributed by atoms with Crippen LogP contribution in [0.3, 0.4) is 0 Å². The summed E-state index contributed by atoms with van der Waals surface area (Å²) in [5, 5.41) is 6.97. The highest BCUT2D eigenvalue weighted by Crippen LogP contribution is 2.27. The number of carbonyl (C=O) groups is 2. The number of nitrogens with zero attached hydrogens (tertiary/aromatic N) is 2. The highest BCUT2D eigenvalue weighted by Gasteiger charge is 2.28. The first-order chi connectivity index (χ1) is 15.9. The predicted molar refractivity (Wildman–Crippen MR) is 128 cm³/mol. The molecule has 1 atom stereocenters. The number of hydrogen-bond donors (Lipinski definition) is 1. The van der Waals surface area contributed by atoms with Crippen LogP contribution in [0.2, 0.25) is 0 Å². The Morgan fingerprint density at radius 2 is 1.88 bits per heavy atom. The smallest absolute Gasteiger partial charge is 0.225 e. The second kappa shape index (κ2) is 10.0. The fourth-order valence-corrected chi connectivity index (χ4v) is 4.51. The van der Waals surface area contributed by atoms with E-state index in [-0.39, 0.29) is 17.7 Å². The van der Waals surface area contributed by atoms with Gasteiger partial charge in [-0.25, -0.2) is 0 Å². The van der Waals surface area contributed by atoms with Gasteiger partial charge in [-0.15, -0.1) is 0 Å². The van der Waals surface area contributed by atoms with Crippen molar-refractivity contribution in [2.24, 2.45) is 5.92 Å². The highest BCUT2D eigenvalue weighted by molar-refractivity contribution is 5.82. The monoisotopic (exact) mass is 445 g/mol. The van der Waals surface area contributed by atoms with Gasteiger partial charge in [0, 0.05) is 31.6 Å². The first-order valence-corrected chi connectivity index (χ1v) is 11.5. The maximum absolute atomic E-state index is 13.0. The Balaban J connectivity index is 1.48. The van der Waals surface area contributed by atoms with Gasteiger partial charge in [0.25, 0.3) is 0 Å². The van der Waals surface area contributed by atoms with E-state index in [9.17, 15) is 9.59 Å². The molecule has 0 radical (unpaired) electrons. The summed E-state index contributed by atoms with van der Waals surface area (Å²) in [6, 6.07) is 16.6. The van der Waals surface area contributed by atoms with Crippen molar-refractivity contribution in [2.75, 3.05) is 19.6 Å². The minimum absolute atomic E-state index is 0.00901. The molecule has 33 heavy (non-hydrogen) atoms. The second-order valence-electron chi connectivity index (χ2n) is 8.86. The first-order valence-electron chi connectivity index (χ1n) is 11.5. The summed E-state index contributed by atoms with van der Waals surface area (Å²) in [5.41, 5.74) is 6.43. The van der Waals surface area contributed by atoms with Crippen LogP contribution in [0.15, 0.2) is 53.1 Å². The van der Waals surface area contributed by atoms with Gasteiger partial charge in [-0.3, -0.25) is 9.59 Å². The van der Waals surface area contributed by atoms with E-state index in [0.29, 0.717) is 38.9 Å². The van der Waals surface area contributed by atoms with E-state index >= 15 is 0 Å². The van der Waals surface area contributed by atoms with E-state index in [2.05, 4.69) is 53.8 Å². The molecule has 4 rings (SSSR count). The van der Waals surface area contributed by atoms with Crippen molar-refractivity contribution in [3.63, 3.8) is 0 Å². The van der Waals surface area contributed by atoms with Crippen LogP contribution in [0.4, 0.5) is 0 Å². The van der Waals surface area contributed by atoms with Gasteiger partial charge in [0.15, 0.2) is 0 Å². The van der Waals surface area contributed by atoms with Crippen LogP contribution in [0.5, 0.6) is 0 Å². The Bertz CT molecular complexity index is 1110. The Morgan fingerprint density at radius 1 is 1.12 bits per heavy atom. The zero-order chi connectivity index (χ0) is 23.4. The molecule has 1 fully saturated rings. The van der Waals surface area contributed by atoms with Gasteiger partial charge in [0.05, 0.1) is 11.6 Å². The number of nitrogens with one attached hydrogen (secondary N) is 1. The van der Waals surface area contributed by atoms with Gasteiger partial charge in [-0.2, -0.15) is 0 Å². The molecule has 1 aromatic heterocycles. The molecule has 0 unspecified atom stereocenters. The molecule has 2 aromatic carbocycles. The Hall–Kier alpha value is -3.41. The summed E-state index contributed by atoms with van der Waals surface area (Å²) in [6.45, 7) is 7.27. The van der Waals surface area contributed by atoms with Crippen molar-refractivity contribution in [1.82, 2.24) is 15.4 Å². The first kappa shape index (κ1) is 22.8. The number of rotatable bonds is 6. The van der Waals surface area contributed by atoms with Crippen molar-refractivity contribution in [1.29, 1.82) is 0 Å². The van der Waals surface area contributed by atoms with E-state index in [1.54, 1.807) is 0 Å². The molecule has 172 valence electrons. The number of hydrogen-bond acceptors (Lipinski definition) is 4. The topological polar surface area (TPSA) is 75.4 Å². The molecule has 1 N–H and O–H groups in total. The molecule has 2 amide bonds. The molecule has 6 nitrogen and oxygen atoms in total. The molecule has 0 aliphatic carbocycles. The van der Waals surface area contributed by atoms with Gasteiger partial charge in [0.1, 0.15) is 5.76 Å². The molecule has 0 spiro atoms. The van der Waals surface area contributed by atoms with Crippen LogP contribution in [-0.2, 0) is 22.4 Å². The molecule has 3 aromatic rings. The van der Waals surface area contributed by atoms with Gasteiger partial charge in [-0.05, 0) is 50.3 Å². The van der Waals surface area contributed by atoms with E-state index in [0.717, 1.165) is 33.7 Å². The van der Waals surface area contributed by atoms with Crippen molar-refractivity contribution in [3.05, 3.63) is 76.7 Å². The summed E-state index contributed by atoms with van der Waals surface area (Å²) in [4.78, 5) is 27.7. The average Bonchev–Trinajstić information content (AvgIpc) is 3.01. The minimum Gasteiger partial charge on any atom is -0.361 e. The van der Waals surface area contributed by atoms with Crippen molar-refractivity contribution < 1.29 is 14.1 Å². The fourth-order valence-electron chi connectivity index (χ4n) is 4.51. The molecule has 1 aliphatic heterocycles. The van der Waals surface area contributed by atoms with Crippen LogP contribution in [0.1, 0.15) is 34.6 Å². The standard InChI is InChI=1S/C27H31N3O3/c1-18-8-10-21(11-9-18)25-7-5-4-6-22(25)16-23-17-30(15-14-28-27(23)32)26(31)13-12-24-19(2)29-33-20(24)3/h4-11,23H,12-17H2,1-3H3,(H,28,32)/t23-/m0/s1. The quantitative estimate of drug-likeness (QED) is 0.622. The van der Waals surface area contributed by atoms with Crippen LogP contribution < -0.4 is 5.32 Å². The average molecular weight is 446 g/mol. The maximum Gasteiger partial charge on any atom is 0.225 e. The second-order valence-corrected chi connectivity index (χ2v) is 8.86. The number of aromatic nitrogens is 1. The molecule has 6 heteroatoms. The summed E-state index contributed by atoms with van der Waals surface area (Å²) in [7, 11) is 0. The SMILES string of the molecule is Cc1ccc(-c2ccccc2C[C@H]2CN(C(=O)CCc3c(C)noc3C)CCNC2=O)cc1. The fraction of sp³-hybridized carbons (Fsp3) is 0.370. The van der Waals surface area contributed by atoms with E-state index in [1.165, 1.54) is 5.56 Å². The molecule has 2 heterocycles. The number of aryl methyl sites for hydroxylation is 3. The van der Waals surface area contributed by atoms with Crippen LogP contribution in [-0.4, -0.2) is 41.5 Å². The lowest BCUT2D eigenvalue weighted by molar-refractivity contribution is -0.132. The van der Waals surface area contributed by atoms with Crippen LogP contribution >= 0.6 is 0 Å². The summed E-state index contributed by atoms with van der Waals surface area (Å²) in [5.74, 6) is 0.541. The summed E-state index contributed by atoms with van der Waals surface area (Å²) >= 11 is 0. The van der Waals surface area contributed by atoms with Gasteiger partial charge < -0.3 is 14.7 Å². The Kier molecular flexibility index (Phi) is 6.92. The lowest BCUT2D eigenvalue weighted by atomic mass is 9.91. The number of benzene rings is 2. The number of amides is 2. The third-order valence-electron chi connectivity index (χ3n) is 6.46. The highest BCUT2D eigenvalue weighted by atomic mass is 16.5. The third kappa shape index (κ3) is 5.33. The predicted octanol–water partition coefficient (Wildman–Crippen LogP) is 4.02. The molecule has 1 aliphatic rings.